The molecule has 4 aromatic heterocycles. The number of carbonyl (C=O) groups is 1. The number of amides is 1. The topological polar surface area (TPSA) is 98.2 Å². The van der Waals surface area contributed by atoms with E-state index in [0.29, 0.717) is 34.7 Å². The fourth-order valence-corrected chi connectivity index (χ4v) is 3.82. The summed E-state index contributed by atoms with van der Waals surface area (Å²) in [5.41, 5.74) is 4.46. The van der Waals surface area contributed by atoms with Gasteiger partial charge >= 0.3 is 0 Å². The Labute approximate surface area is 200 Å². The Balaban J connectivity index is 1.46. The number of halogens is 1. The van der Waals surface area contributed by atoms with Gasteiger partial charge in [0.15, 0.2) is 5.89 Å². The van der Waals surface area contributed by atoms with Gasteiger partial charge in [-0.05, 0) is 42.7 Å². The van der Waals surface area contributed by atoms with E-state index in [1.165, 1.54) is 18.2 Å². The molecule has 0 saturated heterocycles. The zero-order valence-electron chi connectivity index (χ0n) is 19.7. The van der Waals surface area contributed by atoms with Gasteiger partial charge in [-0.15, -0.1) is 0 Å². The highest BCUT2D eigenvalue weighted by Gasteiger charge is 2.18. The van der Waals surface area contributed by atoms with E-state index in [0.717, 1.165) is 16.7 Å². The maximum absolute atomic E-state index is 14.8. The van der Waals surface area contributed by atoms with Crippen LogP contribution in [0.15, 0.2) is 59.7 Å². The minimum absolute atomic E-state index is 0.119. The van der Waals surface area contributed by atoms with Gasteiger partial charge in [0, 0.05) is 60.3 Å². The second kappa shape index (κ2) is 8.75. The summed E-state index contributed by atoms with van der Waals surface area (Å²) in [4.78, 5) is 30.0. The fourth-order valence-electron chi connectivity index (χ4n) is 3.82. The summed E-state index contributed by atoms with van der Waals surface area (Å²) in [5, 5.41) is 2.73. The second-order valence-corrected chi connectivity index (χ2v) is 8.63. The van der Waals surface area contributed by atoms with Crippen molar-refractivity contribution in [3.63, 3.8) is 0 Å². The Hall–Kier alpha value is -4.40. The number of pyridine rings is 1. The van der Waals surface area contributed by atoms with Crippen LogP contribution in [0.1, 0.15) is 47.5 Å². The summed E-state index contributed by atoms with van der Waals surface area (Å²) < 4.78 is 21.9. The normalized spacial score (nSPS) is 11.4. The molecule has 0 aliphatic rings. The first kappa shape index (κ1) is 22.4. The first-order chi connectivity index (χ1) is 16.8. The zero-order chi connectivity index (χ0) is 24.7. The maximum atomic E-state index is 14.8. The third-order valence-corrected chi connectivity index (χ3v) is 5.68. The van der Waals surface area contributed by atoms with Crippen LogP contribution < -0.4 is 5.32 Å². The van der Waals surface area contributed by atoms with Crippen LogP contribution in [0.25, 0.3) is 28.2 Å². The fraction of sp³-hybridized carbons (Fsp3) is 0.192. The third-order valence-electron chi connectivity index (χ3n) is 5.68. The highest BCUT2D eigenvalue weighted by Crippen LogP contribution is 2.28. The minimum atomic E-state index is -0.466. The van der Waals surface area contributed by atoms with E-state index in [1.54, 1.807) is 36.8 Å². The molecule has 35 heavy (non-hydrogen) atoms. The molecule has 8 nitrogen and oxygen atoms in total. The smallest absolute Gasteiger partial charge is 0.293 e. The van der Waals surface area contributed by atoms with Gasteiger partial charge in [0.25, 0.3) is 5.91 Å². The van der Waals surface area contributed by atoms with Crippen LogP contribution in [-0.2, 0) is 0 Å². The quantitative estimate of drug-likeness (QED) is 0.360. The molecule has 1 N–H and O–H groups in total. The Morgan fingerprint density at radius 2 is 1.89 bits per heavy atom. The Bertz CT molecular complexity index is 1570. The number of nitrogens with one attached hydrogen (secondary N) is 1. The molecule has 4 heterocycles. The lowest BCUT2D eigenvalue weighted by molar-refractivity contribution is 0.0994. The zero-order valence-corrected chi connectivity index (χ0v) is 19.7. The molecule has 0 saturated carbocycles. The number of aromatic nitrogens is 5. The highest BCUT2D eigenvalue weighted by molar-refractivity contribution is 6.03. The van der Waals surface area contributed by atoms with Gasteiger partial charge in [0.05, 0.1) is 11.4 Å². The summed E-state index contributed by atoms with van der Waals surface area (Å²) >= 11 is 0. The number of nitrogens with zero attached hydrogens (tertiary/aromatic N) is 5. The number of imidazole rings is 1. The number of hydrogen-bond acceptors (Lipinski definition) is 6. The molecule has 5 aromatic rings. The van der Waals surface area contributed by atoms with Crippen LogP contribution in [0.4, 0.5) is 10.1 Å². The molecule has 0 unspecified atom stereocenters. The lowest BCUT2D eigenvalue weighted by Gasteiger charge is -2.07. The second-order valence-electron chi connectivity index (χ2n) is 8.63. The molecule has 9 heteroatoms. The summed E-state index contributed by atoms with van der Waals surface area (Å²) in [7, 11) is 0. The van der Waals surface area contributed by atoms with Crippen molar-refractivity contribution in [2.24, 2.45) is 0 Å². The first-order valence-electron chi connectivity index (χ1n) is 11.1. The number of rotatable bonds is 5. The molecule has 1 aromatic carbocycles. The van der Waals surface area contributed by atoms with E-state index >= 15 is 0 Å². The average Bonchev–Trinajstić information content (AvgIpc) is 3.42. The summed E-state index contributed by atoms with van der Waals surface area (Å²) in [6, 6.07) is 6.39. The molecular formula is C26H23FN6O2. The van der Waals surface area contributed by atoms with Crippen molar-refractivity contribution in [3.8, 4) is 22.4 Å². The number of hydrogen-bond donors (Lipinski definition) is 1. The van der Waals surface area contributed by atoms with Crippen LogP contribution in [0.2, 0.25) is 0 Å². The number of fused-ring (bicyclic) bond motifs is 1. The Morgan fingerprint density at radius 1 is 1.06 bits per heavy atom. The van der Waals surface area contributed by atoms with Gasteiger partial charge in [-0.1, -0.05) is 13.8 Å². The van der Waals surface area contributed by atoms with Crippen molar-refractivity contribution in [1.29, 1.82) is 0 Å². The molecule has 0 bridgehead atoms. The lowest BCUT2D eigenvalue weighted by atomic mass is 10.0. The molecule has 0 radical (unpaired) electrons. The van der Waals surface area contributed by atoms with Gasteiger partial charge in [-0.3, -0.25) is 14.2 Å². The van der Waals surface area contributed by atoms with Crippen molar-refractivity contribution in [3.05, 3.63) is 84.0 Å². The van der Waals surface area contributed by atoms with Crippen molar-refractivity contribution in [2.75, 3.05) is 5.32 Å². The Kier molecular flexibility index (Phi) is 5.60. The van der Waals surface area contributed by atoms with Crippen LogP contribution in [0.5, 0.6) is 0 Å². The largest absolute Gasteiger partial charge is 0.436 e. The van der Waals surface area contributed by atoms with Crippen molar-refractivity contribution in [1.82, 2.24) is 24.3 Å². The average molecular weight is 471 g/mol. The SMILES string of the molecule is Cc1nc(C)c(C(=O)Nc2ccc(F)c(-c3cn4cc(-c5cncc(C(C)C)c5)cnc4n3)c2)o1. The number of anilines is 1. The van der Waals surface area contributed by atoms with Crippen molar-refractivity contribution < 1.29 is 13.6 Å². The number of carbonyl (C=O) groups excluding carboxylic acids is 1. The monoisotopic (exact) mass is 470 g/mol. The predicted molar refractivity (Wildman–Crippen MR) is 130 cm³/mol. The lowest BCUT2D eigenvalue weighted by Crippen LogP contribution is -2.12. The van der Waals surface area contributed by atoms with Gasteiger partial charge in [0.1, 0.15) is 5.82 Å². The van der Waals surface area contributed by atoms with Crippen LogP contribution in [0.3, 0.4) is 0 Å². The molecule has 0 atom stereocenters. The van der Waals surface area contributed by atoms with E-state index in [4.69, 9.17) is 4.42 Å². The van der Waals surface area contributed by atoms with E-state index in [2.05, 4.69) is 45.2 Å². The van der Waals surface area contributed by atoms with Gasteiger partial charge in [-0.25, -0.2) is 19.3 Å². The van der Waals surface area contributed by atoms with Crippen LogP contribution in [0, 0.1) is 19.7 Å². The van der Waals surface area contributed by atoms with Crippen molar-refractivity contribution in [2.45, 2.75) is 33.6 Å². The summed E-state index contributed by atoms with van der Waals surface area (Å²) in [5.74, 6) is 0.376. The molecule has 1 amide bonds. The van der Waals surface area contributed by atoms with Gasteiger partial charge < -0.3 is 9.73 Å². The van der Waals surface area contributed by atoms with Crippen molar-refractivity contribution >= 4 is 17.4 Å². The highest BCUT2D eigenvalue weighted by atomic mass is 19.1. The standard InChI is InChI=1S/C26H23FN6O2/c1-14(2)17-7-18(10-28-9-17)19-11-29-26-32-23(13-33(26)12-19)21-8-20(5-6-22(21)27)31-25(34)24-15(3)30-16(4)35-24/h5-14H,1-4H3,(H,31,34). The number of oxazole rings is 1. The predicted octanol–water partition coefficient (Wildman–Crippen LogP) is 5.58. The minimum Gasteiger partial charge on any atom is -0.436 e. The first-order valence-corrected chi connectivity index (χ1v) is 11.1. The Morgan fingerprint density at radius 3 is 2.63 bits per heavy atom. The van der Waals surface area contributed by atoms with Crippen LogP contribution in [-0.4, -0.2) is 30.2 Å². The van der Waals surface area contributed by atoms with Gasteiger partial charge in [0.2, 0.25) is 11.5 Å². The number of benzene rings is 1. The molecular weight excluding hydrogens is 447 g/mol. The van der Waals surface area contributed by atoms with E-state index in [-0.39, 0.29) is 11.3 Å². The van der Waals surface area contributed by atoms with E-state index < -0.39 is 11.7 Å². The van der Waals surface area contributed by atoms with E-state index in [1.807, 2.05) is 12.4 Å². The molecule has 0 aliphatic carbocycles. The molecule has 176 valence electrons. The number of aryl methyl sites for hydroxylation is 2. The molecule has 0 spiro atoms. The third kappa shape index (κ3) is 4.40. The summed E-state index contributed by atoms with van der Waals surface area (Å²) in [6.45, 7) is 7.58. The summed E-state index contributed by atoms with van der Waals surface area (Å²) in [6.07, 6.45) is 8.96. The van der Waals surface area contributed by atoms with Crippen LogP contribution >= 0.6 is 0 Å². The van der Waals surface area contributed by atoms with E-state index in [9.17, 15) is 9.18 Å². The molecule has 5 rings (SSSR count). The van der Waals surface area contributed by atoms with Gasteiger partial charge in [-0.2, -0.15) is 0 Å². The molecule has 0 fully saturated rings. The molecule has 0 aliphatic heterocycles. The maximum Gasteiger partial charge on any atom is 0.293 e.